The minimum Gasteiger partial charge on any atom is -0.354 e. The minimum atomic E-state index is 0.0788. The van der Waals surface area contributed by atoms with Crippen molar-refractivity contribution < 1.29 is 4.79 Å². The summed E-state index contributed by atoms with van der Waals surface area (Å²) in [6.45, 7) is 11.5. The fraction of sp³-hybridized carbons (Fsp3) is 0.933. The Morgan fingerprint density at radius 1 is 1.42 bits per heavy atom. The van der Waals surface area contributed by atoms with Crippen molar-refractivity contribution in [1.82, 2.24) is 15.1 Å². The predicted octanol–water partition coefficient (Wildman–Crippen LogP) is 1.56. The highest BCUT2D eigenvalue weighted by Crippen LogP contribution is 2.21. The quantitative estimate of drug-likeness (QED) is 0.795. The molecule has 0 bridgehead atoms. The van der Waals surface area contributed by atoms with Gasteiger partial charge in [-0.05, 0) is 52.7 Å². The predicted molar refractivity (Wildman–Crippen MR) is 80.2 cm³/mol. The molecule has 1 rings (SSSR count). The Labute approximate surface area is 118 Å². The first-order valence-electron chi connectivity index (χ1n) is 7.41. The van der Waals surface area contributed by atoms with E-state index in [1.165, 1.54) is 0 Å². The van der Waals surface area contributed by atoms with Crippen molar-refractivity contribution in [3.63, 3.8) is 0 Å². The second-order valence-electron chi connectivity index (χ2n) is 7.11. The molecule has 1 fully saturated rings. The van der Waals surface area contributed by atoms with Crippen LogP contribution in [0.4, 0.5) is 0 Å². The minimum absolute atomic E-state index is 0.0788. The van der Waals surface area contributed by atoms with Crippen LogP contribution in [0.3, 0.4) is 0 Å². The van der Waals surface area contributed by atoms with Crippen molar-refractivity contribution in [3.05, 3.63) is 0 Å². The van der Waals surface area contributed by atoms with Crippen molar-refractivity contribution in [2.75, 3.05) is 33.7 Å². The second kappa shape index (κ2) is 6.71. The van der Waals surface area contributed by atoms with Crippen LogP contribution < -0.4 is 5.32 Å². The van der Waals surface area contributed by atoms with Gasteiger partial charge in [0.25, 0.3) is 0 Å². The summed E-state index contributed by atoms with van der Waals surface area (Å²) >= 11 is 0. The molecule has 1 atom stereocenters. The van der Waals surface area contributed by atoms with Gasteiger partial charge in [-0.15, -0.1) is 0 Å². The lowest BCUT2D eigenvalue weighted by atomic mass is 9.93. The van der Waals surface area contributed by atoms with Gasteiger partial charge < -0.3 is 10.2 Å². The first kappa shape index (κ1) is 16.4. The third-order valence-corrected chi connectivity index (χ3v) is 3.75. The molecule has 1 aliphatic heterocycles. The number of likely N-dealkylation sites (tertiary alicyclic amines) is 1. The van der Waals surface area contributed by atoms with Crippen LogP contribution in [0.5, 0.6) is 0 Å². The zero-order chi connectivity index (χ0) is 14.6. The standard InChI is InChI=1S/C15H31N3O/c1-12(2)18-9-7-8-13(18)14(19)16-10-15(3,4)11-17(5)6/h12-13H,7-11H2,1-6H3,(H,16,19)/t13-/m1/s1. The zero-order valence-corrected chi connectivity index (χ0v) is 13.5. The molecule has 19 heavy (non-hydrogen) atoms. The Balaban J connectivity index is 2.47. The van der Waals surface area contributed by atoms with E-state index in [0.717, 1.165) is 32.5 Å². The normalized spacial score (nSPS) is 21.4. The van der Waals surface area contributed by atoms with Gasteiger partial charge in [-0.1, -0.05) is 13.8 Å². The van der Waals surface area contributed by atoms with E-state index < -0.39 is 0 Å². The SMILES string of the molecule is CC(C)N1CCC[C@@H]1C(=O)NCC(C)(C)CN(C)C. The molecule has 0 unspecified atom stereocenters. The highest BCUT2D eigenvalue weighted by Gasteiger charge is 2.32. The van der Waals surface area contributed by atoms with E-state index in [-0.39, 0.29) is 17.4 Å². The van der Waals surface area contributed by atoms with Crippen LogP contribution in [0, 0.1) is 5.41 Å². The summed E-state index contributed by atoms with van der Waals surface area (Å²) in [4.78, 5) is 16.8. The number of nitrogens with one attached hydrogen (secondary N) is 1. The largest absolute Gasteiger partial charge is 0.354 e. The Bertz CT molecular complexity index is 300. The van der Waals surface area contributed by atoms with Gasteiger partial charge in [0.05, 0.1) is 6.04 Å². The fourth-order valence-corrected chi connectivity index (χ4v) is 3.04. The van der Waals surface area contributed by atoms with Crippen LogP contribution in [0.1, 0.15) is 40.5 Å². The Morgan fingerprint density at radius 2 is 2.05 bits per heavy atom. The highest BCUT2D eigenvalue weighted by molar-refractivity contribution is 5.82. The van der Waals surface area contributed by atoms with Gasteiger partial charge >= 0.3 is 0 Å². The monoisotopic (exact) mass is 269 g/mol. The molecule has 112 valence electrons. The van der Waals surface area contributed by atoms with E-state index in [9.17, 15) is 4.79 Å². The number of amides is 1. The van der Waals surface area contributed by atoms with Crippen LogP contribution >= 0.6 is 0 Å². The molecule has 0 aromatic rings. The van der Waals surface area contributed by atoms with Gasteiger partial charge in [-0.25, -0.2) is 0 Å². The van der Waals surface area contributed by atoms with Gasteiger partial charge in [0, 0.05) is 19.1 Å². The summed E-state index contributed by atoms with van der Waals surface area (Å²) in [7, 11) is 4.14. The summed E-state index contributed by atoms with van der Waals surface area (Å²) < 4.78 is 0. The summed E-state index contributed by atoms with van der Waals surface area (Å²) in [6, 6.07) is 0.531. The summed E-state index contributed by atoms with van der Waals surface area (Å²) in [5.41, 5.74) is 0.112. The third kappa shape index (κ3) is 5.11. The summed E-state index contributed by atoms with van der Waals surface area (Å²) in [5, 5.41) is 3.15. The number of nitrogens with zero attached hydrogens (tertiary/aromatic N) is 2. The number of carbonyl (C=O) groups excluding carboxylic acids is 1. The van der Waals surface area contributed by atoms with Crippen LogP contribution in [0.25, 0.3) is 0 Å². The smallest absolute Gasteiger partial charge is 0.237 e. The summed E-state index contributed by atoms with van der Waals surface area (Å²) in [5.74, 6) is 0.207. The van der Waals surface area contributed by atoms with Gasteiger partial charge in [0.15, 0.2) is 0 Å². The maximum Gasteiger partial charge on any atom is 0.237 e. The molecule has 0 spiro atoms. The van der Waals surface area contributed by atoms with Crippen molar-refractivity contribution >= 4 is 5.91 Å². The highest BCUT2D eigenvalue weighted by atomic mass is 16.2. The average molecular weight is 269 g/mol. The molecular weight excluding hydrogens is 238 g/mol. The molecule has 1 amide bonds. The maximum absolute atomic E-state index is 12.3. The molecule has 0 aromatic heterocycles. The number of hydrogen-bond acceptors (Lipinski definition) is 3. The number of rotatable bonds is 6. The molecule has 1 heterocycles. The van der Waals surface area contributed by atoms with E-state index in [1.807, 2.05) is 0 Å². The van der Waals surface area contributed by atoms with Crippen LogP contribution in [0.15, 0.2) is 0 Å². The molecule has 4 heteroatoms. The van der Waals surface area contributed by atoms with E-state index >= 15 is 0 Å². The third-order valence-electron chi connectivity index (χ3n) is 3.75. The van der Waals surface area contributed by atoms with Gasteiger partial charge in [-0.3, -0.25) is 9.69 Å². The maximum atomic E-state index is 12.3. The number of carbonyl (C=O) groups is 1. The first-order chi connectivity index (χ1) is 8.73. The molecule has 1 saturated heterocycles. The molecule has 4 nitrogen and oxygen atoms in total. The lowest BCUT2D eigenvalue weighted by Crippen LogP contribution is -2.49. The van der Waals surface area contributed by atoms with E-state index in [1.54, 1.807) is 0 Å². The van der Waals surface area contributed by atoms with Crippen LogP contribution in [0.2, 0.25) is 0 Å². The fourth-order valence-electron chi connectivity index (χ4n) is 3.04. The average Bonchev–Trinajstić information content (AvgIpc) is 2.73. The Hall–Kier alpha value is -0.610. The van der Waals surface area contributed by atoms with Crippen molar-refractivity contribution in [3.8, 4) is 0 Å². The Kier molecular flexibility index (Phi) is 5.81. The van der Waals surface area contributed by atoms with Gasteiger partial charge in [0.1, 0.15) is 0 Å². The van der Waals surface area contributed by atoms with E-state index in [2.05, 4.69) is 56.9 Å². The van der Waals surface area contributed by atoms with Gasteiger partial charge in [-0.2, -0.15) is 0 Å². The van der Waals surface area contributed by atoms with Crippen LogP contribution in [-0.4, -0.2) is 61.5 Å². The molecule has 0 saturated carbocycles. The van der Waals surface area contributed by atoms with Crippen LogP contribution in [-0.2, 0) is 4.79 Å². The molecule has 0 aliphatic carbocycles. The molecule has 1 N–H and O–H groups in total. The zero-order valence-electron chi connectivity index (χ0n) is 13.5. The molecule has 0 aromatic carbocycles. The second-order valence-corrected chi connectivity index (χ2v) is 7.11. The lowest BCUT2D eigenvalue weighted by Gasteiger charge is -2.31. The lowest BCUT2D eigenvalue weighted by molar-refractivity contribution is -0.126. The van der Waals surface area contributed by atoms with Crippen molar-refractivity contribution in [2.24, 2.45) is 5.41 Å². The molecular formula is C15H31N3O. The first-order valence-corrected chi connectivity index (χ1v) is 7.41. The van der Waals surface area contributed by atoms with Gasteiger partial charge in [0.2, 0.25) is 5.91 Å². The van der Waals surface area contributed by atoms with Crippen molar-refractivity contribution in [1.29, 1.82) is 0 Å². The molecule has 0 radical (unpaired) electrons. The topological polar surface area (TPSA) is 35.6 Å². The van der Waals surface area contributed by atoms with Crippen molar-refractivity contribution in [2.45, 2.75) is 52.6 Å². The summed E-state index contributed by atoms with van der Waals surface area (Å²) in [6.07, 6.45) is 2.13. The van der Waals surface area contributed by atoms with E-state index in [4.69, 9.17) is 0 Å². The van der Waals surface area contributed by atoms with E-state index in [0.29, 0.717) is 6.04 Å². The number of hydrogen-bond donors (Lipinski definition) is 1. The Morgan fingerprint density at radius 3 is 2.58 bits per heavy atom. The molecule has 1 aliphatic rings.